The number of nitrogen functional groups attached to an aromatic ring is 1. The minimum absolute atomic E-state index is 0. The van der Waals surface area contributed by atoms with Gasteiger partial charge >= 0.3 is 51.4 Å². The molecule has 2 rings (SSSR count). The molecule has 1 aliphatic heterocycles. The van der Waals surface area contributed by atoms with Gasteiger partial charge in [-0.3, -0.25) is 0 Å². The summed E-state index contributed by atoms with van der Waals surface area (Å²) in [6.45, 7) is 4.10. The van der Waals surface area contributed by atoms with Crippen molar-refractivity contribution in [2.75, 3.05) is 18.8 Å². The zero-order chi connectivity index (χ0) is 9.97. The molecule has 1 heterocycles. The first-order valence-corrected chi connectivity index (χ1v) is 5.26. The molecule has 2 N–H and O–H groups in total. The summed E-state index contributed by atoms with van der Waals surface area (Å²) < 4.78 is 0. The van der Waals surface area contributed by atoms with Crippen molar-refractivity contribution in [3.05, 3.63) is 34.6 Å². The predicted molar refractivity (Wildman–Crippen MR) is 60.7 cm³/mol. The van der Waals surface area contributed by atoms with Crippen LogP contribution in [-0.4, -0.2) is 13.1 Å². The van der Waals surface area contributed by atoms with Crippen LogP contribution >= 0.6 is 0 Å². The standard InChI is InChI=1S/C12H17N2.K/c1-9-7-10(4-5-12(9)13)11-3-2-6-14-8-11;/h4-5,7,11H,2-3,6,8,13H2,1H3;/q-1;+1. The number of hydrogen-bond acceptors (Lipinski definition) is 1. The molecule has 2 nitrogen and oxygen atoms in total. The second kappa shape index (κ2) is 6.38. The molecule has 0 aliphatic carbocycles. The van der Waals surface area contributed by atoms with Crippen molar-refractivity contribution >= 4 is 5.69 Å². The molecule has 1 unspecified atom stereocenters. The molecular formula is C12H17KN2. The van der Waals surface area contributed by atoms with Crippen LogP contribution in [0.4, 0.5) is 5.69 Å². The molecule has 1 atom stereocenters. The second-order valence-electron chi connectivity index (χ2n) is 4.08. The first-order valence-electron chi connectivity index (χ1n) is 5.26. The van der Waals surface area contributed by atoms with Crippen LogP contribution < -0.4 is 57.1 Å². The summed E-state index contributed by atoms with van der Waals surface area (Å²) in [5.74, 6) is 0.628. The van der Waals surface area contributed by atoms with E-state index in [9.17, 15) is 0 Å². The number of nitrogens with zero attached hydrogens (tertiary/aromatic N) is 1. The molecule has 1 saturated heterocycles. The molecule has 1 aromatic carbocycles. The van der Waals surface area contributed by atoms with E-state index in [4.69, 9.17) is 5.73 Å². The van der Waals surface area contributed by atoms with Crippen LogP contribution in [0, 0.1) is 6.92 Å². The Morgan fingerprint density at radius 1 is 1.40 bits per heavy atom. The Kier molecular flexibility index (Phi) is 5.81. The van der Waals surface area contributed by atoms with Gasteiger partial charge in [0.25, 0.3) is 0 Å². The zero-order valence-corrected chi connectivity index (χ0v) is 12.8. The van der Waals surface area contributed by atoms with Crippen LogP contribution in [-0.2, 0) is 0 Å². The molecule has 3 heteroatoms. The predicted octanol–water partition coefficient (Wildman–Crippen LogP) is -0.168. The van der Waals surface area contributed by atoms with Gasteiger partial charge < -0.3 is 11.1 Å². The van der Waals surface area contributed by atoms with Crippen LogP contribution in [0.2, 0.25) is 0 Å². The van der Waals surface area contributed by atoms with Crippen molar-refractivity contribution in [1.29, 1.82) is 0 Å². The number of hydrogen-bond donors (Lipinski definition) is 1. The Labute approximate surface area is 134 Å². The minimum atomic E-state index is 0. The fraction of sp³-hybridized carbons (Fsp3) is 0.500. The van der Waals surface area contributed by atoms with Gasteiger partial charge in [-0.25, -0.2) is 0 Å². The largest absolute Gasteiger partial charge is 1.00 e. The van der Waals surface area contributed by atoms with E-state index in [2.05, 4.69) is 24.4 Å². The van der Waals surface area contributed by atoms with Crippen molar-refractivity contribution in [1.82, 2.24) is 0 Å². The molecule has 15 heavy (non-hydrogen) atoms. The van der Waals surface area contributed by atoms with Gasteiger partial charge in [-0.2, -0.15) is 0 Å². The molecule has 0 radical (unpaired) electrons. The first kappa shape index (κ1) is 13.7. The average molecular weight is 228 g/mol. The smallest absolute Gasteiger partial charge is 0.662 e. The van der Waals surface area contributed by atoms with Gasteiger partial charge in [0.1, 0.15) is 0 Å². The number of rotatable bonds is 1. The summed E-state index contributed by atoms with van der Waals surface area (Å²) in [7, 11) is 0. The van der Waals surface area contributed by atoms with Crippen LogP contribution in [0.1, 0.15) is 29.9 Å². The van der Waals surface area contributed by atoms with E-state index in [1.165, 1.54) is 24.0 Å². The van der Waals surface area contributed by atoms with Crippen LogP contribution in [0.5, 0.6) is 0 Å². The van der Waals surface area contributed by atoms with Crippen molar-refractivity contribution in [3.63, 3.8) is 0 Å². The zero-order valence-electron chi connectivity index (χ0n) is 9.66. The molecule has 1 aliphatic rings. The molecule has 0 saturated carbocycles. The topological polar surface area (TPSA) is 40.1 Å². The molecule has 0 aromatic heterocycles. The van der Waals surface area contributed by atoms with E-state index >= 15 is 0 Å². The van der Waals surface area contributed by atoms with Crippen LogP contribution in [0.25, 0.3) is 5.32 Å². The van der Waals surface area contributed by atoms with Gasteiger partial charge in [0.05, 0.1) is 0 Å². The van der Waals surface area contributed by atoms with E-state index in [0.717, 1.165) is 18.8 Å². The van der Waals surface area contributed by atoms with Gasteiger partial charge in [-0.15, -0.1) is 13.1 Å². The third kappa shape index (κ3) is 3.55. The first-order chi connectivity index (χ1) is 6.77. The monoisotopic (exact) mass is 228 g/mol. The van der Waals surface area contributed by atoms with Crippen molar-refractivity contribution < 1.29 is 51.4 Å². The normalized spacial score (nSPS) is 20.7. The maximum absolute atomic E-state index is 5.79. The summed E-state index contributed by atoms with van der Waals surface area (Å²) >= 11 is 0. The van der Waals surface area contributed by atoms with Crippen molar-refractivity contribution in [2.45, 2.75) is 25.7 Å². The second-order valence-corrected chi connectivity index (χ2v) is 4.08. The van der Waals surface area contributed by atoms with Crippen LogP contribution in [0.15, 0.2) is 18.2 Å². The quantitative estimate of drug-likeness (QED) is 0.526. The maximum Gasteiger partial charge on any atom is 1.00 e. The van der Waals surface area contributed by atoms with Gasteiger partial charge in [0.15, 0.2) is 0 Å². The van der Waals surface area contributed by atoms with Crippen LogP contribution in [0.3, 0.4) is 0 Å². The van der Waals surface area contributed by atoms with Gasteiger partial charge in [-0.1, -0.05) is 18.6 Å². The average Bonchev–Trinajstić information content (AvgIpc) is 2.23. The Bertz CT molecular complexity index is 319. The van der Waals surface area contributed by atoms with E-state index in [1.807, 2.05) is 6.07 Å². The summed E-state index contributed by atoms with van der Waals surface area (Å²) in [6.07, 6.45) is 2.50. The number of anilines is 1. The van der Waals surface area contributed by atoms with Gasteiger partial charge in [-0.05, 0) is 36.5 Å². The number of nitrogens with two attached hydrogens (primary N) is 1. The summed E-state index contributed by atoms with van der Waals surface area (Å²) in [5.41, 5.74) is 9.28. The van der Waals surface area contributed by atoms with Gasteiger partial charge in [0, 0.05) is 5.69 Å². The van der Waals surface area contributed by atoms with Crippen molar-refractivity contribution in [2.24, 2.45) is 0 Å². The number of piperidine rings is 1. The molecule has 1 fully saturated rings. The summed E-state index contributed by atoms with van der Waals surface area (Å²) in [6, 6.07) is 6.37. The molecule has 76 valence electrons. The van der Waals surface area contributed by atoms with Gasteiger partial charge in [0.2, 0.25) is 0 Å². The molecule has 0 spiro atoms. The molecule has 1 aromatic rings. The Morgan fingerprint density at radius 3 is 2.80 bits per heavy atom. The van der Waals surface area contributed by atoms with E-state index in [0.29, 0.717) is 5.92 Å². The third-order valence-corrected chi connectivity index (χ3v) is 2.98. The fourth-order valence-electron chi connectivity index (χ4n) is 2.01. The maximum atomic E-state index is 5.79. The van der Waals surface area contributed by atoms with E-state index < -0.39 is 0 Å². The van der Waals surface area contributed by atoms with E-state index in [1.54, 1.807) is 0 Å². The number of aryl methyl sites for hydroxylation is 1. The minimum Gasteiger partial charge on any atom is -0.662 e. The molecule has 0 bridgehead atoms. The van der Waals surface area contributed by atoms with E-state index in [-0.39, 0.29) is 51.4 Å². The third-order valence-electron chi connectivity index (χ3n) is 2.98. The molecular weight excluding hydrogens is 211 g/mol. The summed E-state index contributed by atoms with van der Waals surface area (Å²) in [4.78, 5) is 0. The SMILES string of the molecule is Cc1cc(C2CCC[N-]C2)ccc1N.[K+]. The Hall–Kier alpha value is 0.616. The Morgan fingerprint density at radius 2 is 2.20 bits per heavy atom. The summed E-state index contributed by atoms with van der Waals surface area (Å²) in [5, 5.41) is 4.46. The fourth-order valence-corrected chi connectivity index (χ4v) is 2.01. The number of benzene rings is 1. The molecule has 0 amide bonds. The van der Waals surface area contributed by atoms with Crippen molar-refractivity contribution in [3.8, 4) is 0 Å². The Balaban J connectivity index is 0.00000112.